The molecular weight excluding hydrogens is 238 g/mol. The van der Waals surface area contributed by atoms with E-state index in [2.05, 4.69) is 4.74 Å². The molecule has 0 bridgehead atoms. The molecule has 0 radical (unpaired) electrons. The first-order valence-corrected chi connectivity index (χ1v) is 3.35. The second-order valence-electron chi connectivity index (χ2n) is 1.17. The van der Waals surface area contributed by atoms with E-state index in [1.54, 1.807) is 6.92 Å². The van der Waals surface area contributed by atoms with Gasteiger partial charge in [0.05, 0.1) is 6.61 Å². The van der Waals surface area contributed by atoms with Gasteiger partial charge in [-0.25, -0.2) is 4.79 Å². The lowest BCUT2D eigenvalue weighted by molar-refractivity contribution is 0.111. The first kappa shape index (κ1) is 13.9. The van der Waals surface area contributed by atoms with Gasteiger partial charge in [0.1, 0.15) is 0 Å². The first-order chi connectivity index (χ1) is 4.59. The van der Waals surface area contributed by atoms with Gasteiger partial charge >= 0.3 is 6.09 Å². The van der Waals surface area contributed by atoms with Crippen LogP contribution in [0.5, 0.6) is 0 Å². The van der Waals surface area contributed by atoms with Crippen molar-refractivity contribution >= 4 is 53.8 Å². The topological polar surface area (TPSA) is 32.8 Å². The number of halogens is 4. The Bertz CT molecular complexity index is 122. The maximum atomic E-state index is 10.5. The Morgan fingerprint density at radius 2 is 1.91 bits per heavy atom. The second-order valence-corrected chi connectivity index (χ2v) is 2.31. The van der Waals surface area contributed by atoms with E-state index >= 15 is 0 Å². The van der Waals surface area contributed by atoms with Gasteiger partial charge in [0.25, 0.3) is 0 Å². The molecule has 0 atom stereocenters. The van der Waals surface area contributed by atoms with E-state index in [4.69, 9.17) is 35.3 Å². The summed E-state index contributed by atoms with van der Waals surface area (Å²) >= 11 is 15.3. The summed E-state index contributed by atoms with van der Waals surface area (Å²) in [6.07, 6.45) is -0.825. The molecule has 0 aromatic rings. The van der Waals surface area contributed by atoms with Crippen molar-refractivity contribution in [2.24, 2.45) is 0 Å². The fourth-order valence-electron chi connectivity index (χ4n) is 0.238. The van der Waals surface area contributed by atoms with Crippen molar-refractivity contribution < 1.29 is 9.53 Å². The molecule has 11 heavy (non-hydrogen) atoms. The largest absolute Gasteiger partial charge is 0.448 e. The van der Waals surface area contributed by atoms with Crippen molar-refractivity contribution in [2.45, 2.75) is 6.92 Å². The van der Waals surface area contributed by atoms with Crippen LogP contribution in [0.1, 0.15) is 6.92 Å². The van der Waals surface area contributed by atoms with Crippen LogP contribution in [0.25, 0.3) is 0 Å². The lowest BCUT2D eigenvalue weighted by atomic mass is 10.9. The van der Waals surface area contributed by atoms with Gasteiger partial charge in [-0.05, 0) is 11.0 Å². The smallest absolute Gasteiger partial charge is 0.442 e. The number of ether oxygens (including phenoxy) is 1. The molecule has 0 fully saturated rings. The van der Waals surface area contributed by atoms with Crippen LogP contribution < -0.4 is 0 Å². The molecule has 0 spiro atoms. The molecule has 0 N–H and O–H groups in total. The van der Waals surface area contributed by atoms with Crippen LogP contribution in [-0.2, 0) is 4.74 Å². The van der Waals surface area contributed by atoms with E-state index in [0.717, 1.165) is 0 Å². The molecule has 0 aromatic carbocycles. The van der Waals surface area contributed by atoms with Crippen molar-refractivity contribution in [3.8, 4) is 0 Å². The van der Waals surface area contributed by atoms with Gasteiger partial charge in [0.2, 0.25) is 0 Å². The first-order valence-electron chi connectivity index (χ1n) is 2.33. The number of carbonyl (C=O) groups excluding carboxylic acids is 1. The zero-order valence-corrected chi connectivity index (χ0v) is 8.54. The lowest BCUT2D eigenvalue weighted by Gasteiger charge is -2.13. The van der Waals surface area contributed by atoms with Crippen LogP contribution >= 0.6 is 47.7 Å². The highest BCUT2D eigenvalue weighted by atomic mass is 35.5. The maximum absolute atomic E-state index is 10.5. The number of hydrazine groups is 1. The Kier molecular flexibility index (Phi) is 8.95. The molecular formula is C3H6Cl4N2O2. The molecule has 0 unspecified atom stereocenters. The molecule has 0 rings (SSSR count). The summed E-state index contributed by atoms with van der Waals surface area (Å²) in [5.74, 6) is 0. The van der Waals surface area contributed by atoms with Gasteiger partial charge in [0.15, 0.2) is 0 Å². The molecule has 1 amide bonds. The van der Waals surface area contributed by atoms with Gasteiger partial charge in [-0.3, -0.25) is 0 Å². The minimum atomic E-state index is -0.825. The highest BCUT2D eigenvalue weighted by Gasteiger charge is 2.16. The molecule has 0 aliphatic heterocycles. The number of hydrogen-bond acceptors (Lipinski definition) is 3. The Balaban J connectivity index is 0. The monoisotopic (exact) mass is 242 g/mol. The molecule has 0 aliphatic carbocycles. The normalized spacial score (nSPS) is 8.82. The predicted octanol–water partition coefficient (Wildman–Crippen LogP) is 2.55. The summed E-state index contributed by atoms with van der Waals surface area (Å²) in [5, 5.41) is 0. The van der Waals surface area contributed by atoms with Crippen molar-refractivity contribution in [3.05, 3.63) is 0 Å². The average Bonchev–Trinajstić information content (AvgIpc) is 1.87. The number of amides is 1. The standard InChI is InChI=1S/C3H5Cl3N2O2.ClH/c1-2-10-3(9)7(4)8(5)6;/h2H2,1H3;1H. The third-order valence-corrected chi connectivity index (χ3v) is 1.30. The lowest BCUT2D eigenvalue weighted by Crippen LogP contribution is -2.27. The Labute approximate surface area is 85.6 Å². The molecule has 0 saturated carbocycles. The third kappa shape index (κ3) is 5.64. The van der Waals surface area contributed by atoms with E-state index in [1.165, 1.54) is 0 Å². The van der Waals surface area contributed by atoms with Gasteiger partial charge in [-0.2, -0.15) is 0 Å². The minimum absolute atomic E-state index is 0. The summed E-state index contributed by atoms with van der Waals surface area (Å²) in [4.78, 5) is 10.5. The molecule has 0 aromatic heterocycles. The minimum Gasteiger partial charge on any atom is -0.448 e. The summed E-state index contributed by atoms with van der Waals surface area (Å²) in [7, 11) is 0. The summed E-state index contributed by atoms with van der Waals surface area (Å²) in [6.45, 7) is 1.85. The highest BCUT2D eigenvalue weighted by Crippen LogP contribution is 2.10. The fourth-order valence-corrected chi connectivity index (χ4v) is 0.411. The zero-order valence-electron chi connectivity index (χ0n) is 5.46. The van der Waals surface area contributed by atoms with Crippen LogP contribution in [0, 0.1) is 0 Å². The van der Waals surface area contributed by atoms with E-state index in [-0.39, 0.29) is 19.0 Å². The number of hydrogen-bond donors (Lipinski definition) is 0. The van der Waals surface area contributed by atoms with Crippen molar-refractivity contribution in [3.63, 3.8) is 0 Å². The molecule has 0 aliphatic rings. The van der Waals surface area contributed by atoms with Crippen LogP contribution in [-0.4, -0.2) is 21.3 Å². The predicted molar refractivity (Wildman–Crippen MR) is 45.5 cm³/mol. The van der Waals surface area contributed by atoms with Crippen LogP contribution in [0.15, 0.2) is 0 Å². The van der Waals surface area contributed by atoms with Crippen molar-refractivity contribution in [2.75, 3.05) is 6.61 Å². The van der Waals surface area contributed by atoms with Gasteiger partial charge in [0, 0.05) is 35.3 Å². The second kappa shape index (κ2) is 7.06. The van der Waals surface area contributed by atoms with Gasteiger partial charge in [-0.1, -0.05) is 0 Å². The van der Waals surface area contributed by atoms with Gasteiger partial charge < -0.3 is 4.74 Å². The Morgan fingerprint density at radius 3 is 2.18 bits per heavy atom. The quantitative estimate of drug-likeness (QED) is 0.552. The van der Waals surface area contributed by atoms with E-state index in [1.807, 2.05) is 0 Å². The fraction of sp³-hybridized carbons (Fsp3) is 0.667. The molecule has 68 valence electrons. The van der Waals surface area contributed by atoms with Crippen LogP contribution in [0.4, 0.5) is 4.79 Å². The summed E-state index contributed by atoms with van der Waals surface area (Å²) in [6, 6.07) is 0. The Hall–Kier alpha value is 0.390. The van der Waals surface area contributed by atoms with E-state index in [0.29, 0.717) is 8.58 Å². The number of carbonyl (C=O) groups is 1. The maximum Gasteiger partial charge on any atom is 0.442 e. The molecule has 8 heteroatoms. The van der Waals surface area contributed by atoms with Crippen LogP contribution in [0.3, 0.4) is 0 Å². The number of nitrogens with zero attached hydrogens (tertiary/aromatic N) is 2. The zero-order chi connectivity index (χ0) is 8.15. The van der Waals surface area contributed by atoms with Crippen LogP contribution in [0.2, 0.25) is 0 Å². The third-order valence-electron chi connectivity index (χ3n) is 0.551. The molecule has 0 saturated heterocycles. The molecule has 0 heterocycles. The van der Waals surface area contributed by atoms with E-state index < -0.39 is 6.09 Å². The SMILES string of the molecule is CCOC(=O)N(Cl)N(Cl)Cl.Cl. The van der Waals surface area contributed by atoms with E-state index in [9.17, 15) is 4.79 Å². The van der Waals surface area contributed by atoms with Gasteiger partial charge in [-0.15, -0.1) is 16.9 Å². The number of rotatable bonds is 2. The molecule has 4 nitrogen and oxygen atoms in total. The summed E-state index contributed by atoms with van der Waals surface area (Å²) < 4.78 is 5.17. The highest BCUT2D eigenvalue weighted by molar-refractivity contribution is 6.37. The average molecular weight is 244 g/mol. The Morgan fingerprint density at radius 1 is 1.45 bits per heavy atom. The summed E-state index contributed by atoms with van der Waals surface area (Å²) in [5.41, 5.74) is 0. The van der Waals surface area contributed by atoms with Crippen molar-refractivity contribution in [1.82, 2.24) is 8.58 Å². The van der Waals surface area contributed by atoms with Crippen molar-refractivity contribution in [1.29, 1.82) is 0 Å².